The molecule has 0 aliphatic rings. The van der Waals surface area contributed by atoms with Gasteiger partial charge in [-0.1, -0.05) is 78.9 Å². The second-order valence-electron chi connectivity index (χ2n) is 7.98. The van der Waals surface area contributed by atoms with Gasteiger partial charge in [-0.2, -0.15) is 5.10 Å². The van der Waals surface area contributed by atoms with Gasteiger partial charge in [0, 0.05) is 10.9 Å². The highest BCUT2D eigenvalue weighted by Gasteiger charge is 2.13. The molecule has 0 fully saturated rings. The van der Waals surface area contributed by atoms with Crippen molar-refractivity contribution in [3.05, 3.63) is 132 Å². The van der Waals surface area contributed by atoms with E-state index in [0.29, 0.717) is 12.2 Å². The maximum absolute atomic E-state index is 13.0. The molecule has 4 aromatic carbocycles. The first-order valence-corrected chi connectivity index (χ1v) is 11.3. The summed E-state index contributed by atoms with van der Waals surface area (Å²) in [6.45, 7) is 0.509. The van der Waals surface area contributed by atoms with E-state index in [4.69, 9.17) is 9.72 Å². The lowest BCUT2D eigenvalue weighted by Crippen LogP contribution is -2.18. The Morgan fingerprint density at radius 1 is 0.829 bits per heavy atom. The van der Waals surface area contributed by atoms with Gasteiger partial charge in [0.25, 0.3) is 5.91 Å². The lowest BCUT2D eigenvalue weighted by atomic mass is 10.0. The lowest BCUT2D eigenvalue weighted by molar-refractivity contribution is 0.0956. The van der Waals surface area contributed by atoms with E-state index in [1.807, 2.05) is 109 Å². The molecule has 0 saturated carbocycles. The van der Waals surface area contributed by atoms with E-state index < -0.39 is 0 Å². The monoisotopic (exact) mass is 457 g/mol. The number of hydrogen-bond donors (Lipinski definition) is 1. The summed E-state index contributed by atoms with van der Waals surface area (Å²) in [7, 11) is 0. The highest BCUT2D eigenvalue weighted by atomic mass is 16.5. The largest absolute Gasteiger partial charge is 0.489 e. The van der Waals surface area contributed by atoms with Gasteiger partial charge in [0.1, 0.15) is 12.4 Å². The molecule has 170 valence electrons. The Bertz CT molecular complexity index is 1460. The molecule has 0 bridgehead atoms. The first-order valence-electron chi connectivity index (χ1n) is 11.3. The van der Waals surface area contributed by atoms with Gasteiger partial charge >= 0.3 is 0 Å². The van der Waals surface area contributed by atoms with E-state index in [0.717, 1.165) is 39.0 Å². The molecule has 5 aromatic rings. The molecular formula is C30H23N3O2. The molecule has 1 amide bonds. The molecule has 1 aromatic heterocycles. The van der Waals surface area contributed by atoms with Crippen LogP contribution < -0.4 is 10.2 Å². The summed E-state index contributed by atoms with van der Waals surface area (Å²) in [5.41, 5.74) is 7.58. The van der Waals surface area contributed by atoms with E-state index >= 15 is 0 Å². The number of benzene rings is 4. The topological polar surface area (TPSA) is 63.6 Å². The number of rotatable bonds is 7. The molecule has 0 radical (unpaired) electrons. The lowest BCUT2D eigenvalue weighted by Gasteiger charge is -2.09. The number of fused-ring (bicyclic) bond motifs is 1. The molecule has 35 heavy (non-hydrogen) atoms. The second-order valence-corrected chi connectivity index (χ2v) is 7.98. The van der Waals surface area contributed by atoms with Gasteiger partial charge in [-0.3, -0.25) is 4.79 Å². The average molecular weight is 458 g/mol. The van der Waals surface area contributed by atoms with Gasteiger partial charge in [-0.15, -0.1) is 0 Å². The Kier molecular flexibility index (Phi) is 6.58. The Morgan fingerprint density at radius 2 is 1.51 bits per heavy atom. The van der Waals surface area contributed by atoms with Gasteiger partial charge in [0.05, 0.1) is 23.0 Å². The quantitative estimate of drug-likeness (QED) is 0.232. The molecule has 0 unspecified atom stereocenters. The maximum atomic E-state index is 13.0. The van der Waals surface area contributed by atoms with Crippen molar-refractivity contribution >= 4 is 23.0 Å². The van der Waals surface area contributed by atoms with Crippen LogP contribution >= 0.6 is 0 Å². The number of aromatic nitrogens is 1. The zero-order valence-corrected chi connectivity index (χ0v) is 19.0. The molecule has 0 aliphatic heterocycles. The average Bonchev–Trinajstić information content (AvgIpc) is 2.93. The van der Waals surface area contributed by atoms with Crippen molar-refractivity contribution in [2.75, 3.05) is 0 Å². The number of hydrazone groups is 1. The van der Waals surface area contributed by atoms with Crippen molar-refractivity contribution in [3.63, 3.8) is 0 Å². The molecular weight excluding hydrogens is 434 g/mol. The van der Waals surface area contributed by atoms with Crippen molar-refractivity contribution in [2.45, 2.75) is 6.61 Å². The van der Waals surface area contributed by atoms with Gasteiger partial charge in [-0.05, 0) is 47.5 Å². The van der Waals surface area contributed by atoms with Gasteiger partial charge in [-0.25, -0.2) is 10.4 Å². The van der Waals surface area contributed by atoms with Crippen LogP contribution in [0.4, 0.5) is 0 Å². The summed E-state index contributed by atoms with van der Waals surface area (Å²) in [6, 6.07) is 36.8. The van der Waals surface area contributed by atoms with E-state index in [2.05, 4.69) is 10.5 Å². The molecule has 0 spiro atoms. The summed E-state index contributed by atoms with van der Waals surface area (Å²) in [5, 5.41) is 4.94. The number of ether oxygens (including phenoxy) is 1. The first-order chi connectivity index (χ1) is 17.3. The van der Waals surface area contributed by atoms with Crippen LogP contribution in [-0.2, 0) is 6.61 Å². The number of para-hydroxylation sites is 1. The number of nitrogens with zero attached hydrogens (tertiary/aromatic N) is 2. The molecule has 5 heteroatoms. The Hall–Kier alpha value is -4.77. The summed E-state index contributed by atoms with van der Waals surface area (Å²) < 4.78 is 5.82. The zero-order chi connectivity index (χ0) is 23.9. The summed E-state index contributed by atoms with van der Waals surface area (Å²) in [6.07, 6.45) is 1.61. The number of nitrogens with one attached hydrogen (secondary N) is 1. The molecule has 1 N–H and O–H groups in total. The molecule has 0 atom stereocenters. The van der Waals surface area contributed by atoms with Crippen LogP contribution in [0.1, 0.15) is 21.5 Å². The third kappa shape index (κ3) is 5.42. The van der Waals surface area contributed by atoms with Crippen molar-refractivity contribution in [1.29, 1.82) is 0 Å². The number of hydrogen-bond acceptors (Lipinski definition) is 4. The zero-order valence-electron chi connectivity index (χ0n) is 19.0. The number of carbonyl (C=O) groups excluding carboxylic acids is 1. The van der Waals surface area contributed by atoms with Crippen molar-refractivity contribution < 1.29 is 9.53 Å². The first kappa shape index (κ1) is 22.0. The van der Waals surface area contributed by atoms with E-state index in [9.17, 15) is 4.79 Å². The molecule has 0 aliphatic carbocycles. The van der Waals surface area contributed by atoms with Crippen molar-refractivity contribution in [1.82, 2.24) is 10.4 Å². The number of amides is 1. The minimum Gasteiger partial charge on any atom is -0.489 e. The van der Waals surface area contributed by atoms with E-state index in [1.54, 1.807) is 12.3 Å². The second kappa shape index (κ2) is 10.4. The predicted octanol–water partition coefficient (Wildman–Crippen LogP) is 6.24. The Balaban J connectivity index is 1.28. The van der Waals surface area contributed by atoms with Crippen LogP contribution in [0.2, 0.25) is 0 Å². The van der Waals surface area contributed by atoms with E-state index in [1.165, 1.54) is 0 Å². The SMILES string of the molecule is O=C(N/N=C\c1ccc(OCc2ccccc2)cc1)c1cc(-c2ccccc2)nc2ccccc12. The van der Waals surface area contributed by atoms with Crippen LogP contribution in [-0.4, -0.2) is 17.1 Å². The van der Waals surface area contributed by atoms with Crippen molar-refractivity contribution in [3.8, 4) is 17.0 Å². The fourth-order valence-electron chi connectivity index (χ4n) is 3.74. The summed E-state index contributed by atoms with van der Waals surface area (Å²) in [4.78, 5) is 17.8. The summed E-state index contributed by atoms with van der Waals surface area (Å²) >= 11 is 0. The third-order valence-corrected chi connectivity index (χ3v) is 5.54. The summed E-state index contributed by atoms with van der Waals surface area (Å²) in [5.74, 6) is 0.478. The number of pyridine rings is 1. The van der Waals surface area contributed by atoms with E-state index in [-0.39, 0.29) is 5.91 Å². The molecule has 5 nitrogen and oxygen atoms in total. The maximum Gasteiger partial charge on any atom is 0.272 e. The Morgan fingerprint density at radius 3 is 2.29 bits per heavy atom. The van der Waals surface area contributed by atoms with Crippen LogP contribution in [0.5, 0.6) is 5.75 Å². The molecule has 5 rings (SSSR count). The molecule has 1 heterocycles. The van der Waals surface area contributed by atoms with Crippen LogP contribution in [0.15, 0.2) is 120 Å². The normalized spacial score (nSPS) is 11.0. The van der Waals surface area contributed by atoms with Crippen LogP contribution in [0.3, 0.4) is 0 Å². The van der Waals surface area contributed by atoms with Gasteiger partial charge in [0.2, 0.25) is 0 Å². The number of carbonyl (C=O) groups is 1. The fourth-order valence-corrected chi connectivity index (χ4v) is 3.74. The van der Waals surface area contributed by atoms with Crippen LogP contribution in [0, 0.1) is 0 Å². The molecule has 0 saturated heterocycles. The predicted molar refractivity (Wildman–Crippen MR) is 139 cm³/mol. The highest BCUT2D eigenvalue weighted by molar-refractivity contribution is 6.07. The minimum atomic E-state index is -0.292. The third-order valence-electron chi connectivity index (χ3n) is 5.54. The van der Waals surface area contributed by atoms with Crippen molar-refractivity contribution in [2.24, 2.45) is 5.10 Å². The highest BCUT2D eigenvalue weighted by Crippen LogP contribution is 2.24. The van der Waals surface area contributed by atoms with Gasteiger partial charge < -0.3 is 4.74 Å². The fraction of sp³-hybridized carbons (Fsp3) is 0.0333. The smallest absolute Gasteiger partial charge is 0.272 e. The Labute approximate surface area is 203 Å². The van der Waals surface area contributed by atoms with Gasteiger partial charge in [0.15, 0.2) is 0 Å². The van der Waals surface area contributed by atoms with Crippen LogP contribution in [0.25, 0.3) is 22.2 Å². The minimum absolute atomic E-state index is 0.292. The standard InChI is InChI=1S/C30H23N3O2/c34-30(27-19-29(24-11-5-2-6-12-24)32-28-14-8-7-13-26(27)28)33-31-20-22-15-17-25(18-16-22)35-21-23-9-3-1-4-10-23/h1-20H,21H2,(H,33,34)/b31-20-.